The molecule has 0 atom stereocenters. The highest BCUT2D eigenvalue weighted by Gasteiger charge is 2.31. The van der Waals surface area contributed by atoms with Gasteiger partial charge >= 0.3 is 6.18 Å². The highest BCUT2D eigenvalue weighted by atomic mass is 19.4. The molecule has 0 saturated heterocycles. The van der Waals surface area contributed by atoms with E-state index in [0.717, 1.165) is 0 Å². The Morgan fingerprint density at radius 2 is 1.77 bits per heavy atom. The average Bonchev–Trinajstić information content (AvgIpc) is 1.98. The molecule has 0 unspecified atom stereocenters. The van der Waals surface area contributed by atoms with E-state index in [0.29, 0.717) is 6.42 Å². The SMILES string of the molecule is CCC(C)(C)C(=O)NCC(F)(F)F. The monoisotopic (exact) mass is 197 g/mol. The smallest absolute Gasteiger partial charge is 0.347 e. The lowest BCUT2D eigenvalue weighted by Gasteiger charge is -2.21. The summed E-state index contributed by atoms with van der Waals surface area (Å²) in [5.74, 6) is -0.563. The van der Waals surface area contributed by atoms with Crippen LogP contribution in [0.3, 0.4) is 0 Å². The Bertz CT molecular complexity index is 186. The van der Waals surface area contributed by atoms with Gasteiger partial charge in [0.25, 0.3) is 0 Å². The quantitative estimate of drug-likeness (QED) is 0.737. The van der Waals surface area contributed by atoms with E-state index in [1.165, 1.54) is 0 Å². The normalized spacial score (nSPS) is 12.8. The molecule has 0 aromatic carbocycles. The second-order valence-corrected chi connectivity index (χ2v) is 3.54. The summed E-state index contributed by atoms with van der Waals surface area (Å²) in [6.45, 7) is 3.72. The maximum Gasteiger partial charge on any atom is 0.405 e. The molecule has 5 heteroatoms. The Hall–Kier alpha value is -0.740. The molecule has 78 valence electrons. The average molecular weight is 197 g/mol. The third-order valence-electron chi connectivity index (χ3n) is 1.95. The van der Waals surface area contributed by atoms with Crippen molar-refractivity contribution in [2.24, 2.45) is 5.41 Å². The van der Waals surface area contributed by atoms with Crippen LogP contribution in [0.2, 0.25) is 0 Å². The third-order valence-corrected chi connectivity index (χ3v) is 1.95. The molecule has 1 N–H and O–H groups in total. The molecule has 0 bridgehead atoms. The van der Waals surface area contributed by atoms with Crippen molar-refractivity contribution >= 4 is 5.91 Å². The van der Waals surface area contributed by atoms with E-state index in [1.54, 1.807) is 20.8 Å². The fourth-order valence-electron chi connectivity index (χ4n) is 0.580. The Labute approximate surface area is 75.5 Å². The summed E-state index contributed by atoms with van der Waals surface area (Å²) in [7, 11) is 0. The Morgan fingerprint density at radius 1 is 1.31 bits per heavy atom. The molecule has 0 radical (unpaired) electrons. The largest absolute Gasteiger partial charge is 0.405 e. The van der Waals surface area contributed by atoms with Crippen LogP contribution in [0.5, 0.6) is 0 Å². The highest BCUT2D eigenvalue weighted by molar-refractivity contribution is 5.81. The number of carbonyl (C=O) groups is 1. The molecule has 0 rings (SSSR count). The van der Waals surface area contributed by atoms with Crippen molar-refractivity contribution in [3.8, 4) is 0 Å². The third kappa shape index (κ3) is 4.75. The molecule has 0 saturated carbocycles. The van der Waals surface area contributed by atoms with Crippen LogP contribution in [-0.4, -0.2) is 18.6 Å². The van der Waals surface area contributed by atoms with E-state index in [9.17, 15) is 18.0 Å². The number of halogens is 3. The summed E-state index contributed by atoms with van der Waals surface area (Å²) < 4.78 is 35.1. The number of alkyl halides is 3. The molecule has 0 aliphatic heterocycles. The first-order valence-corrected chi connectivity index (χ1v) is 4.04. The number of carbonyl (C=O) groups excluding carboxylic acids is 1. The van der Waals surface area contributed by atoms with Crippen LogP contribution in [0.25, 0.3) is 0 Å². The first-order valence-electron chi connectivity index (χ1n) is 4.04. The summed E-state index contributed by atoms with van der Waals surface area (Å²) in [6, 6.07) is 0. The van der Waals surface area contributed by atoms with Gasteiger partial charge in [-0.2, -0.15) is 13.2 Å². The van der Waals surface area contributed by atoms with Gasteiger partial charge in [-0.15, -0.1) is 0 Å². The molecule has 0 aromatic rings. The summed E-state index contributed by atoms with van der Waals surface area (Å²) in [5.41, 5.74) is -0.731. The molecule has 0 aliphatic carbocycles. The zero-order valence-electron chi connectivity index (χ0n) is 7.96. The molecule has 13 heavy (non-hydrogen) atoms. The van der Waals surface area contributed by atoms with E-state index >= 15 is 0 Å². The number of amides is 1. The van der Waals surface area contributed by atoms with E-state index in [-0.39, 0.29) is 0 Å². The van der Waals surface area contributed by atoms with Gasteiger partial charge in [-0.3, -0.25) is 4.79 Å². The zero-order chi connectivity index (χ0) is 10.7. The minimum Gasteiger partial charge on any atom is -0.347 e. The fraction of sp³-hybridized carbons (Fsp3) is 0.875. The van der Waals surface area contributed by atoms with Gasteiger partial charge in [-0.25, -0.2) is 0 Å². The molecule has 0 aromatic heterocycles. The van der Waals surface area contributed by atoms with Gasteiger partial charge < -0.3 is 5.32 Å². The van der Waals surface area contributed by atoms with E-state index in [2.05, 4.69) is 0 Å². The van der Waals surface area contributed by atoms with Gasteiger partial charge in [0, 0.05) is 5.41 Å². The second-order valence-electron chi connectivity index (χ2n) is 3.54. The predicted molar refractivity (Wildman–Crippen MR) is 43.1 cm³/mol. The van der Waals surface area contributed by atoms with Gasteiger partial charge in [-0.05, 0) is 6.42 Å². The van der Waals surface area contributed by atoms with Gasteiger partial charge in [0.15, 0.2) is 0 Å². The van der Waals surface area contributed by atoms with Crippen molar-refractivity contribution in [1.29, 1.82) is 0 Å². The van der Waals surface area contributed by atoms with Crippen LogP contribution in [0.4, 0.5) is 13.2 Å². The molecular weight excluding hydrogens is 183 g/mol. The standard InChI is InChI=1S/C8H14F3NO/c1-4-7(2,3)6(13)12-5-8(9,10)11/h4-5H2,1-3H3,(H,12,13). The first kappa shape index (κ1) is 12.3. The van der Waals surface area contributed by atoms with Crippen LogP contribution >= 0.6 is 0 Å². The molecule has 2 nitrogen and oxygen atoms in total. The van der Waals surface area contributed by atoms with E-state index in [1.807, 2.05) is 5.32 Å². The molecular formula is C8H14F3NO. The highest BCUT2D eigenvalue weighted by Crippen LogP contribution is 2.20. The van der Waals surface area contributed by atoms with E-state index < -0.39 is 24.0 Å². The van der Waals surface area contributed by atoms with Gasteiger partial charge in [0.1, 0.15) is 6.54 Å². The van der Waals surface area contributed by atoms with Crippen LogP contribution in [-0.2, 0) is 4.79 Å². The molecule has 1 amide bonds. The maximum absolute atomic E-state index is 11.7. The number of rotatable bonds is 3. The molecule has 0 aliphatic rings. The lowest BCUT2D eigenvalue weighted by molar-refractivity contribution is -0.143. The van der Waals surface area contributed by atoms with Crippen molar-refractivity contribution in [1.82, 2.24) is 5.32 Å². The lowest BCUT2D eigenvalue weighted by atomic mass is 9.89. The number of hydrogen-bond donors (Lipinski definition) is 1. The summed E-state index contributed by atoms with van der Waals surface area (Å²) >= 11 is 0. The topological polar surface area (TPSA) is 29.1 Å². The first-order chi connectivity index (χ1) is 5.69. The van der Waals surface area contributed by atoms with E-state index in [4.69, 9.17) is 0 Å². The molecule has 0 spiro atoms. The van der Waals surface area contributed by atoms with Gasteiger partial charge in [0.2, 0.25) is 5.91 Å². The number of hydrogen-bond acceptors (Lipinski definition) is 1. The lowest BCUT2D eigenvalue weighted by Crippen LogP contribution is -2.41. The Balaban J connectivity index is 4.03. The minimum atomic E-state index is -4.33. The van der Waals surface area contributed by atoms with Gasteiger partial charge in [0.05, 0.1) is 0 Å². The van der Waals surface area contributed by atoms with Crippen molar-refractivity contribution in [2.75, 3.05) is 6.54 Å². The Kier molecular flexibility index (Phi) is 3.75. The zero-order valence-corrected chi connectivity index (χ0v) is 7.96. The van der Waals surface area contributed by atoms with Gasteiger partial charge in [-0.1, -0.05) is 20.8 Å². The van der Waals surface area contributed by atoms with Crippen molar-refractivity contribution in [2.45, 2.75) is 33.4 Å². The van der Waals surface area contributed by atoms with Crippen molar-refractivity contribution in [3.05, 3.63) is 0 Å². The van der Waals surface area contributed by atoms with Crippen LogP contribution in [0, 0.1) is 5.41 Å². The molecule has 0 heterocycles. The van der Waals surface area contributed by atoms with Crippen LogP contribution < -0.4 is 5.32 Å². The van der Waals surface area contributed by atoms with Crippen molar-refractivity contribution < 1.29 is 18.0 Å². The summed E-state index contributed by atoms with van der Waals surface area (Å²) in [6.07, 6.45) is -3.82. The minimum absolute atomic E-state index is 0.511. The predicted octanol–water partition coefficient (Wildman–Crippen LogP) is 2.10. The van der Waals surface area contributed by atoms with Crippen LogP contribution in [0.15, 0.2) is 0 Å². The maximum atomic E-state index is 11.7. The molecule has 0 fully saturated rings. The number of nitrogens with one attached hydrogen (secondary N) is 1. The van der Waals surface area contributed by atoms with Crippen molar-refractivity contribution in [3.63, 3.8) is 0 Å². The Morgan fingerprint density at radius 3 is 2.08 bits per heavy atom. The second kappa shape index (κ2) is 3.98. The fourth-order valence-corrected chi connectivity index (χ4v) is 0.580. The summed E-state index contributed by atoms with van der Waals surface area (Å²) in [4.78, 5) is 11.1. The van der Waals surface area contributed by atoms with Crippen LogP contribution in [0.1, 0.15) is 27.2 Å². The summed E-state index contributed by atoms with van der Waals surface area (Å²) in [5, 5.41) is 1.85.